The lowest BCUT2D eigenvalue weighted by Gasteiger charge is -2.41. The Morgan fingerprint density at radius 2 is 1.24 bits per heavy atom. The molecule has 1 heterocycles. The predicted octanol–water partition coefficient (Wildman–Crippen LogP) is 3.61. The third kappa shape index (κ3) is 18.6. The lowest BCUT2D eigenvalue weighted by Crippen LogP contribution is -2.61. The number of hydrogen-bond donors (Lipinski definition) is 7. The Morgan fingerprint density at radius 3 is 1.78 bits per heavy atom. The molecule has 1 fully saturated rings. The summed E-state index contributed by atoms with van der Waals surface area (Å²) in [6.07, 6.45) is 10.3. The van der Waals surface area contributed by atoms with Gasteiger partial charge in [-0.3, -0.25) is 9.59 Å². The Labute approximate surface area is 271 Å². The molecule has 1 aliphatic heterocycles. The van der Waals surface area contributed by atoms with E-state index in [1.807, 2.05) is 0 Å². The van der Waals surface area contributed by atoms with Crippen molar-refractivity contribution in [1.29, 1.82) is 0 Å². The minimum absolute atomic E-state index is 0.112. The Balaban J connectivity index is 2.61. The maximum absolute atomic E-state index is 12.7. The van der Waals surface area contributed by atoms with Gasteiger partial charge >= 0.3 is 0 Å². The maximum atomic E-state index is 12.7. The van der Waals surface area contributed by atoms with Gasteiger partial charge in [-0.25, -0.2) is 0 Å². The SMILES string of the molecule is CCCCCCCCCCCCCC[C@@H](O)[C@@H](O)[C@H](COC1OC(CNC(C)=O)C(O)C(O)C1O)NC(=O)CCCCCCC. The van der Waals surface area contributed by atoms with Crippen LogP contribution in [0.5, 0.6) is 0 Å². The molecule has 0 saturated carbocycles. The number of carbonyl (C=O) groups is 2. The normalized spacial score (nSPS) is 23.8. The molecule has 0 bridgehead atoms. The molecule has 8 atom stereocenters. The molecule has 2 amide bonds. The van der Waals surface area contributed by atoms with Crippen molar-refractivity contribution in [2.75, 3.05) is 13.2 Å². The highest BCUT2D eigenvalue weighted by Gasteiger charge is 2.44. The number of aliphatic hydroxyl groups excluding tert-OH is 5. The zero-order valence-electron chi connectivity index (χ0n) is 28.3. The molecule has 0 aliphatic carbocycles. The van der Waals surface area contributed by atoms with Crippen LogP contribution in [0.2, 0.25) is 0 Å². The van der Waals surface area contributed by atoms with Crippen LogP contribution in [-0.2, 0) is 19.1 Å². The molecule has 5 unspecified atom stereocenters. The van der Waals surface area contributed by atoms with Crippen LogP contribution >= 0.6 is 0 Å². The quantitative estimate of drug-likeness (QED) is 0.0657. The molecule has 0 spiro atoms. The van der Waals surface area contributed by atoms with Gasteiger partial charge in [-0.2, -0.15) is 0 Å². The molecule has 7 N–H and O–H groups in total. The van der Waals surface area contributed by atoms with Crippen molar-refractivity contribution < 1.29 is 44.6 Å². The summed E-state index contributed by atoms with van der Waals surface area (Å²) in [5, 5.41) is 58.2. The first kappa shape index (κ1) is 41.7. The van der Waals surface area contributed by atoms with Crippen LogP contribution in [0.4, 0.5) is 0 Å². The lowest BCUT2D eigenvalue weighted by atomic mass is 9.98. The third-order valence-corrected chi connectivity index (χ3v) is 8.67. The van der Waals surface area contributed by atoms with Gasteiger partial charge < -0.3 is 45.6 Å². The lowest BCUT2D eigenvalue weighted by molar-refractivity contribution is -0.297. The van der Waals surface area contributed by atoms with Gasteiger partial charge in [0.05, 0.1) is 18.8 Å². The van der Waals surface area contributed by atoms with Crippen LogP contribution in [0.15, 0.2) is 0 Å². The highest BCUT2D eigenvalue weighted by molar-refractivity contribution is 5.76. The predicted molar refractivity (Wildman–Crippen MR) is 174 cm³/mol. The summed E-state index contributed by atoms with van der Waals surface area (Å²) in [5.74, 6) is -0.632. The van der Waals surface area contributed by atoms with Gasteiger partial charge in [0, 0.05) is 19.9 Å². The molecule has 266 valence electrons. The molecule has 11 nitrogen and oxygen atoms in total. The van der Waals surface area contributed by atoms with Crippen molar-refractivity contribution in [3.8, 4) is 0 Å². The summed E-state index contributed by atoms with van der Waals surface area (Å²) in [6, 6.07) is -0.992. The van der Waals surface area contributed by atoms with E-state index in [4.69, 9.17) is 9.47 Å². The highest BCUT2D eigenvalue weighted by atomic mass is 16.7. The van der Waals surface area contributed by atoms with Gasteiger partial charge in [0.25, 0.3) is 0 Å². The minimum Gasteiger partial charge on any atom is -0.390 e. The number of amides is 2. The zero-order valence-corrected chi connectivity index (χ0v) is 28.3. The number of aliphatic hydroxyl groups is 5. The van der Waals surface area contributed by atoms with Gasteiger partial charge in [0.15, 0.2) is 6.29 Å². The fraction of sp³-hybridized carbons (Fsp3) is 0.941. The van der Waals surface area contributed by atoms with Gasteiger partial charge in [0.1, 0.15) is 30.5 Å². The summed E-state index contributed by atoms with van der Waals surface area (Å²) in [7, 11) is 0. The average Bonchev–Trinajstić information content (AvgIpc) is 3.02. The molecule has 0 aromatic heterocycles. The molecule has 0 radical (unpaired) electrons. The highest BCUT2D eigenvalue weighted by Crippen LogP contribution is 2.23. The molecule has 45 heavy (non-hydrogen) atoms. The summed E-state index contributed by atoms with van der Waals surface area (Å²) in [6.45, 7) is 5.23. The van der Waals surface area contributed by atoms with Crippen LogP contribution in [0.25, 0.3) is 0 Å². The number of carbonyl (C=O) groups excluding carboxylic acids is 2. The van der Waals surface area contributed by atoms with E-state index >= 15 is 0 Å². The number of unbranched alkanes of at least 4 members (excludes halogenated alkanes) is 15. The first-order valence-corrected chi connectivity index (χ1v) is 17.8. The number of ether oxygens (including phenoxy) is 2. The largest absolute Gasteiger partial charge is 0.390 e. The van der Waals surface area contributed by atoms with E-state index in [2.05, 4.69) is 24.5 Å². The molecule has 1 rings (SSSR count). The summed E-state index contributed by atoms with van der Waals surface area (Å²) in [5.41, 5.74) is 0. The van der Waals surface area contributed by atoms with Crippen molar-refractivity contribution in [3.05, 3.63) is 0 Å². The molecular weight excluding hydrogens is 580 g/mol. The van der Waals surface area contributed by atoms with Crippen LogP contribution in [0.3, 0.4) is 0 Å². The van der Waals surface area contributed by atoms with E-state index in [0.29, 0.717) is 12.8 Å². The number of rotatable bonds is 27. The van der Waals surface area contributed by atoms with Gasteiger partial charge in [0.2, 0.25) is 11.8 Å². The Bertz CT molecular complexity index is 759. The van der Waals surface area contributed by atoms with Crippen molar-refractivity contribution >= 4 is 11.8 Å². The van der Waals surface area contributed by atoms with E-state index in [9.17, 15) is 35.1 Å². The van der Waals surface area contributed by atoms with Crippen molar-refractivity contribution in [3.63, 3.8) is 0 Å². The summed E-state index contributed by atoms with van der Waals surface area (Å²) < 4.78 is 11.3. The van der Waals surface area contributed by atoms with E-state index < -0.39 is 49.0 Å². The van der Waals surface area contributed by atoms with E-state index in [1.54, 1.807) is 0 Å². The third-order valence-electron chi connectivity index (χ3n) is 8.67. The topological polar surface area (TPSA) is 178 Å². The maximum Gasteiger partial charge on any atom is 0.220 e. The molecule has 11 heteroatoms. The van der Waals surface area contributed by atoms with Gasteiger partial charge in [-0.1, -0.05) is 117 Å². The van der Waals surface area contributed by atoms with Gasteiger partial charge in [-0.05, 0) is 12.8 Å². The van der Waals surface area contributed by atoms with Crippen LogP contribution in [0, 0.1) is 0 Å². The zero-order chi connectivity index (χ0) is 33.5. The van der Waals surface area contributed by atoms with Crippen LogP contribution in [-0.4, -0.2) is 99.5 Å². The van der Waals surface area contributed by atoms with Crippen LogP contribution < -0.4 is 10.6 Å². The van der Waals surface area contributed by atoms with Crippen molar-refractivity contribution in [1.82, 2.24) is 10.6 Å². The first-order chi connectivity index (χ1) is 21.6. The molecule has 0 aromatic rings. The van der Waals surface area contributed by atoms with E-state index in [1.165, 1.54) is 58.3 Å². The number of nitrogens with one attached hydrogen (secondary N) is 2. The fourth-order valence-electron chi connectivity index (χ4n) is 5.69. The second kappa shape index (κ2) is 25.7. The second-order valence-electron chi connectivity index (χ2n) is 12.9. The summed E-state index contributed by atoms with van der Waals surface area (Å²) in [4.78, 5) is 24.1. The monoisotopic (exact) mass is 646 g/mol. The van der Waals surface area contributed by atoms with Crippen LogP contribution in [0.1, 0.15) is 143 Å². The molecule has 0 aromatic carbocycles. The second-order valence-corrected chi connectivity index (χ2v) is 12.9. The smallest absolute Gasteiger partial charge is 0.220 e. The van der Waals surface area contributed by atoms with E-state index in [0.717, 1.165) is 51.4 Å². The Hall–Kier alpha value is -1.34. The minimum atomic E-state index is -1.60. The standard InChI is InChI=1S/C34H66N2O9/c1-4-6-8-10-11-12-13-14-15-16-18-19-21-27(38)30(40)26(36-29(39)22-20-17-9-7-5-2)24-44-34-33(43)32(42)31(41)28(45-34)23-35-25(3)37/h26-28,30-34,38,40-43H,4-24H2,1-3H3,(H,35,37)(H,36,39)/t26-,27+,28?,30-,31?,32?,33?,34?/m0/s1. The van der Waals surface area contributed by atoms with Gasteiger partial charge in [-0.15, -0.1) is 0 Å². The Kier molecular flexibility index (Phi) is 23.8. The van der Waals surface area contributed by atoms with Crippen molar-refractivity contribution in [2.45, 2.75) is 192 Å². The first-order valence-electron chi connectivity index (χ1n) is 17.8. The molecule has 1 aliphatic rings. The summed E-state index contributed by atoms with van der Waals surface area (Å²) >= 11 is 0. The van der Waals surface area contributed by atoms with Crippen molar-refractivity contribution in [2.24, 2.45) is 0 Å². The molecule has 1 saturated heterocycles. The van der Waals surface area contributed by atoms with E-state index in [-0.39, 0.29) is 31.4 Å². The number of hydrogen-bond acceptors (Lipinski definition) is 9. The Morgan fingerprint density at radius 1 is 0.733 bits per heavy atom. The fourth-order valence-corrected chi connectivity index (χ4v) is 5.69. The average molecular weight is 647 g/mol. The molecular formula is C34H66N2O9.